The van der Waals surface area contributed by atoms with E-state index in [9.17, 15) is 9.59 Å². The first-order valence-corrected chi connectivity index (χ1v) is 10.9. The summed E-state index contributed by atoms with van der Waals surface area (Å²) in [6.45, 7) is 0.940. The predicted octanol–water partition coefficient (Wildman–Crippen LogP) is 3.88. The number of benzene rings is 1. The summed E-state index contributed by atoms with van der Waals surface area (Å²) in [5.41, 5.74) is 2.75. The first-order chi connectivity index (χ1) is 14.6. The molecule has 1 unspecified atom stereocenters. The number of carbonyl (C=O) groups excluding carboxylic acids is 2. The molecule has 3 aliphatic heterocycles. The molecule has 2 aromatic rings. The fourth-order valence-corrected chi connectivity index (χ4v) is 5.60. The van der Waals surface area contributed by atoms with Gasteiger partial charge in [0.2, 0.25) is 11.8 Å². The Bertz CT molecular complexity index is 1020. The number of hydrogen-bond donors (Lipinski definition) is 0. The zero-order chi connectivity index (χ0) is 20.8. The van der Waals surface area contributed by atoms with Crippen molar-refractivity contribution in [2.45, 2.75) is 31.3 Å². The van der Waals surface area contributed by atoms with Crippen molar-refractivity contribution in [1.29, 1.82) is 0 Å². The molecule has 0 bridgehead atoms. The third kappa shape index (κ3) is 3.08. The van der Waals surface area contributed by atoms with Crippen molar-refractivity contribution in [2.24, 2.45) is 11.8 Å². The highest BCUT2D eigenvalue weighted by Crippen LogP contribution is 2.46. The highest BCUT2D eigenvalue weighted by atomic mass is 35.5. The van der Waals surface area contributed by atoms with E-state index in [1.165, 1.54) is 4.90 Å². The van der Waals surface area contributed by atoms with Gasteiger partial charge in [0, 0.05) is 41.5 Å². The van der Waals surface area contributed by atoms with Gasteiger partial charge in [-0.05, 0) is 37.6 Å². The van der Waals surface area contributed by atoms with E-state index in [0.717, 1.165) is 42.6 Å². The number of halogens is 1. The van der Waals surface area contributed by atoms with Crippen molar-refractivity contribution < 1.29 is 9.59 Å². The second kappa shape index (κ2) is 7.64. The summed E-state index contributed by atoms with van der Waals surface area (Å²) < 4.78 is 0. The van der Waals surface area contributed by atoms with Gasteiger partial charge in [-0.3, -0.25) is 24.4 Å². The second-order valence-electron chi connectivity index (χ2n) is 8.39. The zero-order valence-corrected chi connectivity index (χ0v) is 17.6. The van der Waals surface area contributed by atoms with Crippen molar-refractivity contribution in [2.75, 3.05) is 13.6 Å². The van der Waals surface area contributed by atoms with E-state index in [4.69, 9.17) is 11.6 Å². The number of pyridine rings is 1. The molecule has 4 heterocycles. The van der Waals surface area contributed by atoms with Crippen LogP contribution in [0.5, 0.6) is 0 Å². The molecule has 5 rings (SSSR count). The monoisotopic (exact) mass is 421 g/mol. The quantitative estimate of drug-likeness (QED) is 0.706. The maximum atomic E-state index is 12.8. The van der Waals surface area contributed by atoms with Crippen LogP contribution in [0.1, 0.15) is 25.0 Å². The molecule has 0 saturated carbocycles. The molecule has 2 amide bonds. The minimum absolute atomic E-state index is 0.0139. The van der Waals surface area contributed by atoms with Crippen molar-refractivity contribution in [3.63, 3.8) is 0 Å². The molecule has 0 spiro atoms. The molecule has 154 valence electrons. The van der Waals surface area contributed by atoms with Crippen molar-refractivity contribution in [1.82, 2.24) is 14.8 Å². The first kappa shape index (κ1) is 19.5. The van der Waals surface area contributed by atoms with E-state index in [0.29, 0.717) is 5.02 Å². The number of fused-ring (bicyclic) bond motifs is 3. The average Bonchev–Trinajstić information content (AvgIpc) is 3.21. The van der Waals surface area contributed by atoms with E-state index in [1.807, 2.05) is 48.7 Å². The van der Waals surface area contributed by atoms with Gasteiger partial charge < -0.3 is 0 Å². The minimum atomic E-state index is -0.274. The maximum Gasteiger partial charge on any atom is 0.234 e. The van der Waals surface area contributed by atoms with Gasteiger partial charge in [-0.15, -0.1) is 0 Å². The number of carbonyl (C=O) groups is 2. The van der Waals surface area contributed by atoms with Crippen molar-refractivity contribution in [3.8, 4) is 11.1 Å². The molecule has 30 heavy (non-hydrogen) atoms. The molecule has 3 fully saturated rings. The fraction of sp³-hybridized carbons (Fsp3) is 0.375. The minimum Gasteiger partial charge on any atom is -0.292 e. The van der Waals surface area contributed by atoms with Gasteiger partial charge in [-0.25, -0.2) is 0 Å². The molecule has 1 aromatic carbocycles. The average molecular weight is 422 g/mol. The molecule has 3 aliphatic rings. The summed E-state index contributed by atoms with van der Waals surface area (Å²) in [5.74, 6) is -0.534. The molecule has 0 N–H and O–H groups in total. The van der Waals surface area contributed by atoms with Crippen LogP contribution in [-0.2, 0) is 9.59 Å². The van der Waals surface area contributed by atoms with Crippen LogP contribution in [0.25, 0.3) is 17.2 Å². The highest BCUT2D eigenvalue weighted by molar-refractivity contribution is 6.33. The van der Waals surface area contributed by atoms with E-state index in [-0.39, 0.29) is 35.7 Å². The lowest BCUT2D eigenvalue weighted by atomic mass is 9.87. The first-order valence-electron chi connectivity index (χ1n) is 10.5. The Hall–Kier alpha value is -2.50. The Kier molecular flexibility index (Phi) is 4.95. The Balaban J connectivity index is 1.41. The number of rotatable bonds is 3. The summed E-state index contributed by atoms with van der Waals surface area (Å²) in [6.07, 6.45) is 9.10. The van der Waals surface area contributed by atoms with Crippen LogP contribution >= 0.6 is 11.6 Å². The normalized spacial score (nSPS) is 28.9. The predicted molar refractivity (Wildman–Crippen MR) is 117 cm³/mol. The lowest BCUT2D eigenvalue weighted by Gasteiger charge is -2.35. The molecular weight excluding hydrogens is 398 g/mol. The van der Waals surface area contributed by atoms with E-state index < -0.39 is 0 Å². The molecule has 5 nitrogen and oxygen atoms in total. The zero-order valence-electron chi connectivity index (χ0n) is 16.9. The summed E-state index contributed by atoms with van der Waals surface area (Å²) in [6, 6.07) is 11.8. The Labute approximate surface area is 181 Å². The Morgan fingerprint density at radius 3 is 2.63 bits per heavy atom. The molecule has 0 radical (unpaired) electrons. The number of hydrogen-bond acceptors (Lipinski definition) is 4. The van der Waals surface area contributed by atoms with Gasteiger partial charge >= 0.3 is 0 Å². The van der Waals surface area contributed by atoms with E-state index in [2.05, 4.69) is 16.0 Å². The smallest absolute Gasteiger partial charge is 0.234 e. The van der Waals surface area contributed by atoms with Gasteiger partial charge in [-0.2, -0.15) is 0 Å². The number of nitrogens with zero attached hydrogens (tertiary/aromatic N) is 3. The molecule has 0 aliphatic carbocycles. The van der Waals surface area contributed by atoms with Gasteiger partial charge in [0.1, 0.15) is 0 Å². The van der Waals surface area contributed by atoms with E-state index >= 15 is 0 Å². The highest BCUT2D eigenvalue weighted by Gasteiger charge is 2.60. The van der Waals surface area contributed by atoms with Gasteiger partial charge in [0.05, 0.1) is 17.5 Å². The molecule has 1 aromatic heterocycles. The van der Waals surface area contributed by atoms with Crippen LogP contribution in [0.4, 0.5) is 0 Å². The van der Waals surface area contributed by atoms with Crippen LogP contribution in [0.3, 0.4) is 0 Å². The lowest BCUT2D eigenvalue weighted by Crippen LogP contribution is -2.45. The van der Waals surface area contributed by atoms with E-state index in [1.54, 1.807) is 7.05 Å². The number of imide groups is 1. The SMILES string of the molecule is CN1C(=O)[C@@H]2[C@H](C1=O)C(/C=C/c1ccc(-c3ccccc3Cl)cn1)N1CCCC[C@@H]21. The number of piperidine rings is 1. The van der Waals surface area contributed by atoms with Crippen LogP contribution in [0.2, 0.25) is 5.02 Å². The second-order valence-corrected chi connectivity index (χ2v) is 8.80. The number of aromatic nitrogens is 1. The topological polar surface area (TPSA) is 53.5 Å². The largest absolute Gasteiger partial charge is 0.292 e. The van der Waals surface area contributed by atoms with Gasteiger partial charge in [0.25, 0.3) is 0 Å². The summed E-state index contributed by atoms with van der Waals surface area (Å²) in [5, 5.41) is 0.698. The van der Waals surface area contributed by atoms with Crippen molar-refractivity contribution in [3.05, 3.63) is 59.4 Å². The molecule has 4 atom stereocenters. The van der Waals surface area contributed by atoms with Crippen LogP contribution in [0.15, 0.2) is 48.7 Å². The molecule has 3 saturated heterocycles. The third-order valence-corrected chi connectivity index (χ3v) is 7.14. The van der Waals surface area contributed by atoms with Gasteiger partial charge in [-0.1, -0.05) is 48.4 Å². The maximum absolute atomic E-state index is 12.8. The van der Waals surface area contributed by atoms with Gasteiger partial charge in [0.15, 0.2) is 0 Å². The van der Waals surface area contributed by atoms with Crippen LogP contribution in [-0.4, -0.2) is 52.3 Å². The van der Waals surface area contributed by atoms with Crippen molar-refractivity contribution >= 4 is 29.5 Å². The fourth-order valence-electron chi connectivity index (χ4n) is 5.35. The summed E-state index contributed by atoms with van der Waals surface area (Å²) >= 11 is 6.29. The number of likely N-dealkylation sites (tertiary alicyclic amines) is 1. The van der Waals surface area contributed by atoms with Crippen LogP contribution < -0.4 is 0 Å². The van der Waals surface area contributed by atoms with Crippen LogP contribution in [0, 0.1) is 11.8 Å². The number of amides is 2. The Morgan fingerprint density at radius 1 is 1.07 bits per heavy atom. The Morgan fingerprint density at radius 2 is 1.87 bits per heavy atom. The third-order valence-electron chi connectivity index (χ3n) is 6.81. The summed E-state index contributed by atoms with van der Waals surface area (Å²) in [4.78, 5) is 33.8. The summed E-state index contributed by atoms with van der Waals surface area (Å²) in [7, 11) is 1.62. The standard InChI is InChI=1S/C24H24ClN3O2/c1-27-23(29)21-19-8-4-5-13-28(19)20(22(21)24(27)30)12-11-16-10-9-15(14-26-16)17-6-2-3-7-18(17)25/h2-3,6-7,9-12,14,19-22H,4-5,8,13H2,1H3/b12-11+/t19-,20?,21-,22+/m0/s1. The lowest BCUT2D eigenvalue weighted by molar-refractivity contribution is -0.139. The molecule has 6 heteroatoms. The molecular formula is C24H24ClN3O2.